The van der Waals surface area contributed by atoms with Crippen molar-refractivity contribution >= 4 is 0 Å². The summed E-state index contributed by atoms with van der Waals surface area (Å²) in [5, 5.41) is 0. The molecular weight excluding hydrogens is 274 g/mol. The Kier molecular flexibility index (Phi) is 7.71. The van der Waals surface area contributed by atoms with Crippen LogP contribution in [-0.4, -0.2) is 0 Å². The van der Waals surface area contributed by atoms with Crippen LogP contribution in [0.2, 0.25) is 0 Å². The van der Waals surface area contributed by atoms with E-state index in [2.05, 4.69) is 4.74 Å². The van der Waals surface area contributed by atoms with Gasteiger partial charge in [0.05, 0.1) is 0 Å². The molecule has 0 bridgehead atoms. The van der Waals surface area contributed by atoms with Gasteiger partial charge in [0, 0.05) is 0 Å². The summed E-state index contributed by atoms with van der Waals surface area (Å²) >= 11 is 0. The summed E-state index contributed by atoms with van der Waals surface area (Å²) in [6.07, 6.45) is -3.39. The van der Waals surface area contributed by atoms with Crippen LogP contribution in [0.4, 0.5) is 26.3 Å². The van der Waals surface area contributed by atoms with Crippen molar-refractivity contribution in [2.24, 2.45) is 0 Å². The van der Waals surface area contributed by atoms with Gasteiger partial charge in [-0.2, -0.15) is 26.3 Å². The van der Waals surface area contributed by atoms with Crippen LogP contribution in [0, 0.1) is 0 Å². The molecule has 19 heavy (non-hydrogen) atoms. The second-order valence-corrected chi connectivity index (χ2v) is 3.20. The van der Waals surface area contributed by atoms with E-state index in [9.17, 15) is 26.3 Å². The molecule has 0 aliphatic rings. The predicted molar refractivity (Wildman–Crippen MR) is 58.5 cm³/mol. The highest BCUT2D eigenvalue weighted by Gasteiger charge is 2.19. The van der Waals surface area contributed by atoms with Crippen molar-refractivity contribution in [2.75, 3.05) is 0 Å². The first-order valence-corrected chi connectivity index (χ1v) is 5.35. The molecule has 0 spiro atoms. The van der Waals surface area contributed by atoms with Gasteiger partial charge in [0.1, 0.15) is 0 Å². The van der Waals surface area contributed by atoms with E-state index in [1.165, 1.54) is 13.8 Å². The van der Waals surface area contributed by atoms with Gasteiger partial charge in [0.15, 0.2) is 11.5 Å². The average Bonchev–Trinajstić information content (AvgIpc) is 2.35. The SMILES string of the molecule is CCC=C(OC(=CCC)C(F)=C(F)F)C(F)=C(F)F. The van der Waals surface area contributed by atoms with E-state index in [1.807, 2.05) is 0 Å². The zero-order chi connectivity index (χ0) is 15.0. The topological polar surface area (TPSA) is 9.23 Å². The number of ether oxygens (including phenoxy) is 1. The Labute approximate surface area is 106 Å². The van der Waals surface area contributed by atoms with Crippen molar-refractivity contribution in [1.82, 2.24) is 0 Å². The molecule has 0 heterocycles. The standard InChI is InChI=1S/C12H12F6O/c1-3-5-7(9(13)11(15)16)19-8(6-4-2)10(14)12(17)18/h5-6H,3-4H2,1-2H3. The van der Waals surface area contributed by atoms with Gasteiger partial charge in [-0.1, -0.05) is 13.8 Å². The predicted octanol–water partition coefficient (Wildman–Crippen LogP) is 5.75. The third kappa shape index (κ3) is 5.67. The van der Waals surface area contributed by atoms with E-state index in [4.69, 9.17) is 0 Å². The Morgan fingerprint density at radius 3 is 1.26 bits per heavy atom. The van der Waals surface area contributed by atoms with Crippen molar-refractivity contribution in [3.05, 3.63) is 47.5 Å². The van der Waals surface area contributed by atoms with Gasteiger partial charge < -0.3 is 4.74 Å². The average molecular weight is 286 g/mol. The van der Waals surface area contributed by atoms with Gasteiger partial charge >= 0.3 is 12.2 Å². The van der Waals surface area contributed by atoms with Crippen LogP contribution in [0.5, 0.6) is 0 Å². The maximum atomic E-state index is 13.0. The molecular formula is C12H12F6O. The molecule has 0 N–H and O–H groups in total. The van der Waals surface area contributed by atoms with Crippen LogP contribution in [-0.2, 0) is 4.74 Å². The number of allylic oxidation sites excluding steroid dienone is 4. The van der Waals surface area contributed by atoms with Crippen LogP contribution in [0.3, 0.4) is 0 Å². The Morgan fingerprint density at radius 2 is 1.05 bits per heavy atom. The molecule has 0 saturated carbocycles. The van der Waals surface area contributed by atoms with E-state index in [1.54, 1.807) is 0 Å². The largest absolute Gasteiger partial charge is 0.451 e. The lowest BCUT2D eigenvalue weighted by Crippen LogP contribution is -1.97. The van der Waals surface area contributed by atoms with Crippen molar-refractivity contribution in [2.45, 2.75) is 26.7 Å². The quantitative estimate of drug-likeness (QED) is 0.343. The van der Waals surface area contributed by atoms with Crippen molar-refractivity contribution < 1.29 is 31.1 Å². The monoisotopic (exact) mass is 286 g/mol. The van der Waals surface area contributed by atoms with Crippen molar-refractivity contribution in [3.63, 3.8) is 0 Å². The molecule has 0 radical (unpaired) electrons. The molecule has 0 amide bonds. The first kappa shape index (κ1) is 17.3. The summed E-state index contributed by atoms with van der Waals surface area (Å²) in [4.78, 5) is 0. The lowest BCUT2D eigenvalue weighted by Gasteiger charge is -2.10. The molecule has 0 unspecified atom stereocenters. The fourth-order valence-corrected chi connectivity index (χ4v) is 1.03. The minimum Gasteiger partial charge on any atom is -0.451 e. The lowest BCUT2D eigenvalue weighted by atomic mass is 10.3. The third-order valence-electron chi connectivity index (χ3n) is 1.76. The van der Waals surface area contributed by atoms with Gasteiger partial charge in [-0.25, -0.2) is 0 Å². The molecule has 7 heteroatoms. The molecule has 1 nitrogen and oxygen atoms in total. The summed E-state index contributed by atoms with van der Waals surface area (Å²) in [5.41, 5.74) is 0. The van der Waals surface area contributed by atoms with Gasteiger partial charge in [-0.05, 0) is 25.0 Å². The molecule has 0 aliphatic carbocycles. The molecule has 0 saturated heterocycles. The Hall–Kier alpha value is -1.66. The van der Waals surface area contributed by atoms with E-state index >= 15 is 0 Å². The second-order valence-electron chi connectivity index (χ2n) is 3.20. The fourth-order valence-electron chi connectivity index (χ4n) is 1.03. The molecule has 0 fully saturated rings. The van der Waals surface area contributed by atoms with Gasteiger partial charge in [-0.15, -0.1) is 0 Å². The zero-order valence-corrected chi connectivity index (χ0v) is 10.2. The molecule has 0 aromatic rings. The number of halogens is 6. The van der Waals surface area contributed by atoms with Crippen molar-refractivity contribution in [3.8, 4) is 0 Å². The van der Waals surface area contributed by atoms with Crippen LogP contribution < -0.4 is 0 Å². The van der Waals surface area contributed by atoms with Gasteiger partial charge in [0.25, 0.3) is 0 Å². The van der Waals surface area contributed by atoms with Gasteiger partial charge in [-0.3, -0.25) is 0 Å². The van der Waals surface area contributed by atoms with Crippen LogP contribution in [0.1, 0.15) is 26.7 Å². The molecule has 0 aromatic carbocycles. The third-order valence-corrected chi connectivity index (χ3v) is 1.76. The molecule has 108 valence electrons. The minimum absolute atomic E-state index is 0.0961. The molecule has 0 aromatic heterocycles. The van der Waals surface area contributed by atoms with Crippen LogP contribution in [0.25, 0.3) is 0 Å². The van der Waals surface area contributed by atoms with Crippen LogP contribution >= 0.6 is 0 Å². The minimum atomic E-state index is -2.68. The normalized spacial score (nSPS) is 12.2. The first-order chi connectivity index (χ1) is 8.84. The maximum absolute atomic E-state index is 13.0. The van der Waals surface area contributed by atoms with E-state index in [0.717, 1.165) is 12.2 Å². The van der Waals surface area contributed by atoms with E-state index < -0.39 is 35.3 Å². The second kappa shape index (κ2) is 8.44. The summed E-state index contributed by atoms with van der Waals surface area (Å²) in [7, 11) is 0. The summed E-state index contributed by atoms with van der Waals surface area (Å²) in [6.45, 7) is 2.97. The Morgan fingerprint density at radius 1 is 0.737 bits per heavy atom. The number of hydrogen-bond acceptors (Lipinski definition) is 1. The highest BCUT2D eigenvalue weighted by molar-refractivity contribution is 5.27. The zero-order valence-electron chi connectivity index (χ0n) is 10.2. The van der Waals surface area contributed by atoms with E-state index in [0.29, 0.717) is 0 Å². The van der Waals surface area contributed by atoms with E-state index in [-0.39, 0.29) is 12.8 Å². The smallest absolute Gasteiger partial charge is 0.309 e. The Balaban J connectivity index is 5.45. The highest BCUT2D eigenvalue weighted by atomic mass is 19.3. The van der Waals surface area contributed by atoms with Crippen LogP contribution in [0.15, 0.2) is 47.5 Å². The maximum Gasteiger partial charge on any atom is 0.309 e. The molecule has 0 atom stereocenters. The fraction of sp³-hybridized carbons (Fsp3) is 0.333. The Bertz CT molecular complexity index is 386. The number of rotatable bonds is 6. The van der Waals surface area contributed by atoms with Gasteiger partial charge in [0.2, 0.25) is 11.7 Å². The molecule has 0 rings (SSSR count). The summed E-state index contributed by atoms with van der Waals surface area (Å²) in [6, 6.07) is 0. The van der Waals surface area contributed by atoms with Crippen molar-refractivity contribution in [1.29, 1.82) is 0 Å². The highest BCUT2D eigenvalue weighted by Crippen LogP contribution is 2.28. The number of hydrogen-bond donors (Lipinski definition) is 0. The summed E-state index contributed by atoms with van der Waals surface area (Å²) in [5.74, 6) is -6.04. The summed E-state index contributed by atoms with van der Waals surface area (Å²) < 4.78 is 79.0. The first-order valence-electron chi connectivity index (χ1n) is 5.35. The lowest BCUT2D eigenvalue weighted by molar-refractivity contribution is 0.258. The molecule has 0 aliphatic heterocycles.